The van der Waals surface area contributed by atoms with E-state index in [0.717, 1.165) is 77.5 Å². The van der Waals surface area contributed by atoms with Crippen molar-refractivity contribution in [2.45, 2.75) is 38.1 Å². The van der Waals surface area contributed by atoms with Gasteiger partial charge in [-0.1, -0.05) is 84.9 Å². The van der Waals surface area contributed by atoms with Crippen molar-refractivity contribution in [3.05, 3.63) is 184 Å². The van der Waals surface area contributed by atoms with Crippen LogP contribution >= 0.6 is 0 Å². The highest BCUT2D eigenvalue weighted by molar-refractivity contribution is 5.89. The number of nitrogens with one attached hydrogen (secondary N) is 2. The van der Waals surface area contributed by atoms with Crippen LogP contribution in [0.5, 0.6) is 11.5 Å². The van der Waals surface area contributed by atoms with E-state index in [2.05, 4.69) is 44.7 Å². The number of hydrogen-bond donors (Lipinski definition) is 3. The van der Waals surface area contributed by atoms with E-state index >= 15 is 0 Å². The molecule has 2 saturated heterocycles. The Morgan fingerprint density at radius 2 is 1.43 bits per heavy atom. The fourth-order valence-corrected chi connectivity index (χ4v) is 7.58. The van der Waals surface area contributed by atoms with Gasteiger partial charge >= 0.3 is 6.03 Å². The second kappa shape index (κ2) is 19.0. The zero-order valence-electron chi connectivity index (χ0n) is 33.1. The molecule has 2 aliphatic heterocycles. The number of amides is 2. The summed E-state index contributed by atoms with van der Waals surface area (Å²) in [5.74, 6) is 1.42. The van der Waals surface area contributed by atoms with Gasteiger partial charge in [0, 0.05) is 74.8 Å². The predicted octanol–water partition coefficient (Wildman–Crippen LogP) is 9.24. The third kappa shape index (κ3) is 10.3. The molecule has 3 atom stereocenters. The number of rotatable bonds is 13. The number of piperazine rings is 1. The van der Waals surface area contributed by atoms with Crippen LogP contribution in [0.15, 0.2) is 152 Å². The molecule has 0 aromatic heterocycles. The molecule has 0 saturated carbocycles. The molecule has 0 unspecified atom stereocenters. The van der Waals surface area contributed by atoms with Crippen LogP contribution in [-0.4, -0.2) is 59.8 Å². The van der Waals surface area contributed by atoms with Crippen LogP contribution in [-0.2, 0) is 22.6 Å². The molecule has 0 aliphatic carbocycles. The van der Waals surface area contributed by atoms with Crippen LogP contribution in [0.4, 0.5) is 21.9 Å². The molecular formula is C48H47N5O7. The van der Waals surface area contributed by atoms with E-state index in [0.29, 0.717) is 24.4 Å². The summed E-state index contributed by atoms with van der Waals surface area (Å²) >= 11 is 0. The molecule has 2 heterocycles. The molecule has 2 aliphatic rings. The molecular weight excluding hydrogens is 759 g/mol. The number of aliphatic hydroxyl groups is 1. The number of benzene rings is 6. The van der Waals surface area contributed by atoms with E-state index in [4.69, 9.17) is 14.2 Å². The third-order valence-electron chi connectivity index (χ3n) is 10.9. The standard InChI is InChI=1S/C48H47N5O7/c54-33-34-9-11-37(12-10-34)46-30-45(32-51-25-27-52(28-26-51)41-19-21-42(22-20-41)53(56)57)59-47(60-46)38-15-13-36(14-16-38)39-6-4-5-35(29-39)31-49-48(55)50-40-17-23-44(24-18-40)58-43-7-2-1-3-8-43/h1-24,29,45-47,54H,25-28,30-33H2,(H2,49,50,55)/t45-,46+,47+/m0/s1. The van der Waals surface area contributed by atoms with E-state index in [1.807, 2.05) is 103 Å². The fraction of sp³-hybridized carbons (Fsp3) is 0.229. The van der Waals surface area contributed by atoms with E-state index in [1.165, 1.54) is 0 Å². The van der Waals surface area contributed by atoms with E-state index in [-0.39, 0.29) is 35.5 Å². The number of carbonyl (C=O) groups excluding carboxylic acids is 1. The maximum atomic E-state index is 12.8. The maximum absolute atomic E-state index is 12.8. The van der Waals surface area contributed by atoms with Gasteiger partial charge in [-0.25, -0.2) is 4.79 Å². The molecule has 2 fully saturated rings. The van der Waals surface area contributed by atoms with Crippen molar-refractivity contribution in [2.75, 3.05) is 42.9 Å². The average Bonchev–Trinajstić information content (AvgIpc) is 3.30. The molecule has 12 heteroatoms. The SMILES string of the molecule is O=C(NCc1cccc(-c2ccc([C@@H]3O[C@H](CN4CCN(c5ccc([N+](=O)[O-])cc5)CC4)C[C@H](c4ccc(CO)cc4)O3)cc2)c1)Nc1ccc(Oc2ccccc2)cc1. The second-order valence-corrected chi connectivity index (χ2v) is 15.0. The Morgan fingerprint density at radius 3 is 2.13 bits per heavy atom. The molecule has 306 valence electrons. The lowest BCUT2D eigenvalue weighted by Crippen LogP contribution is -2.49. The fourth-order valence-electron chi connectivity index (χ4n) is 7.58. The van der Waals surface area contributed by atoms with Crippen LogP contribution in [0.3, 0.4) is 0 Å². The highest BCUT2D eigenvalue weighted by Gasteiger charge is 2.34. The summed E-state index contributed by atoms with van der Waals surface area (Å²) in [7, 11) is 0. The molecule has 6 aromatic carbocycles. The van der Waals surface area contributed by atoms with Crippen molar-refractivity contribution < 1.29 is 29.0 Å². The zero-order valence-corrected chi connectivity index (χ0v) is 33.1. The van der Waals surface area contributed by atoms with Gasteiger partial charge in [-0.05, 0) is 82.4 Å². The van der Waals surface area contributed by atoms with Gasteiger partial charge in [0.2, 0.25) is 0 Å². The Labute approximate surface area is 349 Å². The highest BCUT2D eigenvalue weighted by Crippen LogP contribution is 2.39. The molecule has 8 rings (SSSR count). The largest absolute Gasteiger partial charge is 0.457 e. The molecule has 2 amide bonds. The van der Waals surface area contributed by atoms with E-state index in [9.17, 15) is 20.0 Å². The van der Waals surface area contributed by atoms with Gasteiger partial charge < -0.3 is 34.9 Å². The summed E-state index contributed by atoms with van der Waals surface area (Å²) in [5.41, 5.74) is 7.54. The number of nitro groups is 1. The van der Waals surface area contributed by atoms with Gasteiger partial charge in [0.25, 0.3) is 5.69 Å². The first-order chi connectivity index (χ1) is 29.3. The number of anilines is 2. The number of hydrogen-bond acceptors (Lipinski definition) is 9. The van der Waals surface area contributed by atoms with Crippen molar-refractivity contribution in [3.63, 3.8) is 0 Å². The monoisotopic (exact) mass is 805 g/mol. The van der Waals surface area contributed by atoms with Gasteiger partial charge in [-0.3, -0.25) is 15.0 Å². The molecule has 12 nitrogen and oxygen atoms in total. The first-order valence-electron chi connectivity index (χ1n) is 20.1. The minimum absolute atomic E-state index is 0.0191. The lowest BCUT2D eigenvalue weighted by Gasteiger charge is -2.41. The summed E-state index contributed by atoms with van der Waals surface area (Å²) in [5, 5.41) is 26.6. The van der Waals surface area contributed by atoms with Gasteiger partial charge in [0.15, 0.2) is 6.29 Å². The summed E-state index contributed by atoms with van der Waals surface area (Å²) in [6, 6.07) is 47.4. The molecule has 0 radical (unpaired) electrons. The molecule has 6 aromatic rings. The highest BCUT2D eigenvalue weighted by atomic mass is 16.7. The summed E-state index contributed by atoms with van der Waals surface area (Å²) in [4.78, 5) is 28.2. The van der Waals surface area contributed by atoms with E-state index in [1.54, 1.807) is 24.3 Å². The van der Waals surface area contributed by atoms with Crippen molar-refractivity contribution in [1.82, 2.24) is 10.2 Å². The summed E-state index contributed by atoms with van der Waals surface area (Å²) in [6.07, 6.45) is -0.184. The first kappa shape index (κ1) is 40.2. The Hall–Kier alpha value is -6.57. The second-order valence-electron chi connectivity index (χ2n) is 15.0. The number of carbonyl (C=O) groups is 1. The van der Waals surface area contributed by atoms with Crippen LogP contribution in [0, 0.1) is 10.1 Å². The van der Waals surface area contributed by atoms with Crippen LogP contribution in [0.1, 0.15) is 41.1 Å². The number of nitro benzene ring substituents is 1. The van der Waals surface area contributed by atoms with Crippen LogP contribution < -0.4 is 20.3 Å². The van der Waals surface area contributed by atoms with Gasteiger partial charge in [-0.2, -0.15) is 0 Å². The maximum Gasteiger partial charge on any atom is 0.319 e. The summed E-state index contributed by atoms with van der Waals surface area (Å²) < 4.78 is 19.2. The molecule has 60 heavy (non-hydrogen) atoms. The number of ether oxygens (including phenoxy) is 3. The van der Waals surface area contributed by atoms with Gasteiger partial charge in [-0.15, -0.1) is 0 Å². The minimum Gasteiger partial charge on any atom is -0.457 e. The number of non-ortho nitro benzene ring substituents is 1. The smallest absolute Gasteiger partial charge is 0.319 e. The topological polar surface area (TPSA) is 139 Å². The Bertz CT molecular complexity index is 2340. The molecule has 0 spiro atoms. The lowest BCUT2D eigenvalue weighted by molar-refractivity contribution is -0.384. The number of aliphatic hydroxyl groups excluding tert-OH is 1. The minimum atomic E-state index is -0.580. The van der Waals surface area contributed by atoms with Crippen LogP contribution in [0.2, 0.25) is 0 Å². The van der Waals surface area contributed by atoms with Crippen molar-refractivity contribution >= 4 is 23.1 Å². The average molecular weight is 806 g/mol. The van der Waals surface area contributed by atoms with Gasteiger partial charge in [0.1, 0.15) is 11.5 Å². The zero-order chi connectivity index (χ0) is 41.3. The predicted molar refractivity (Wildman–Crippen MR) is 231 cm³/mol. The van der Waals surface area contributed by atoms with Crippen molar-refractivity contribution in [3.8, 4) is 22.6 Å². The quantitative estimate of drug-likeness (QED) is 0.0770. The van der Waals surface area contributed by atoms with Crippen molar-refractivity contribution in [2.24, 2.45) is 0 Å². The van der Waals surface area contributed by atoms with Crippen LogP contribution in [0.25, 0.3) is 11.1 Å². The molecule has 3 N–H and O–H groups in total. The Kier molecular flexibility index (Phi) is 12.7. The Balaban J connectivity index is 0.880. The van der Waals surface area contributed by atoms with Gasteiger partial charge in [0.05, 0.1) is 23.7 Å². The normalized spacial score (nSPS) is 18.1. The Morgan fingerprint density at radius 1 is 0.733 bits per heavy atom. The summed E-state index contributed by atoms with van der Waals surface area (Å²) in [6.45, 7) is 4.37. The molecule has 0 bridgehead atoms. The first-order valence-corrected chi connectivity index (χ1v) is 20.1. The number of urea groups is 1. The van der Waals surface area contributed by atoms with Crippen molar-refractivity contribution in [1.29, 1.82) is 0 Å². The number of para-hydroxylation sites is 1. The lowest BCUT2D eigenvalue weighted by atomic mass is 9.98. The third-order valence-corrected chi connectivity index (χ3v) is 10.9. The number of nitrogens with zero attached hydrogens (tertiary/aromatic N) is 3. The van der Waals surface area contributed by atoms with E-state index < -0.39 is 6.29 Å².